The maximum absolute atomic E-state index is 12.0. The van der Waals surface area contributed by atoms with E-state index in [4.69, 9.17) is 5.11 Å². The minimum atomic E-state index is -3.60. The van der Waals surface area contributed by atoms with Gasteiger partial charge in [0.05, 0.1) is 9.77 Å². The Morgan fingerprint density at radius 2 is 2.05 bits per heavy atom. The molecule has 0 aliphatic rings. The van der Waals surface area contributed by atoms with E-state index in [9.17, 15) is 18.0 Å². The van der Waals surface area contributed by atoms with E-state index in [1.807, 2.05) is 0 Å². The smallest absolute Gasteiger partial charge is 0.326 e. The van der Waals surface area contributed by atoms with Crippen LogP contribution in [0, 0.1) is 0 Å². The number of carbonyl (C=O) groups excluding carboxylic acids is 1. The molecule has 0 aromatic carbocycles. The third-order valence-electron chi connectivity index (χ3n) is 2.62. The van der Waals surface area contributed by atoms with Crippen LogP contribution in [-0.2, 0) is 14.8 Å². The molecule has 0 bridgehead atoms. The number of amides is 1. The van der Waals surface area contributed by atoms with Crippen molar-refractivity contribution in [1.29, 1.82) is 0 Å². The highest BCUT2D eigenvalue weighted by Gasteiger charge is 2.25. The fraction of sp³-hybridized carbons (Fsp3) is 0.400. The summed E-state index contributed by atoms with van der Waals surface area (Å²) in [6.45, 7) is 1.37. The quantitative estimate of drug-likeness (QED) is 0.809. The zero-order valence-corrected chi connectivity index (χ0v) is 12.2. The maximum Gasteiger partial charge on any atom is 0.326 e. The van der Waals surface area contributed by atoms with Crippen molar-refractivity contribution in [2.24, 2.45) is 0 Å². The molecule has 106 valence electrons. The lowest BCUT2D eigenvalue weighted by atomic mass is 10.3. The molecule has 0 spiro atoms. The zero-order valence-electron chi connectivity index (χ0n) is 10.6. The highest BCUT2D eigenvalue weighted by molar-refractivity contribution is 7.89. The predicted octanol–water partition coefficient (Wildman–Crippen LogP) is 0.201. The molecule has 0 radical (unpaired) electrons. The number of sulfonamides is 1. The molecule has 1 aromatic rings. The zero-order chi connectivity index (χ0) is 14.8. The topological polar surface area (TPSA) is 104 Å². The van der Waals surface area contributed by atoms with E-state index in [0.29, 0.717) is 0 Å². The van der Waals surface area contributed by atoms with Gasteiger partial charge in [0, 0.05) is 12.4 Å². The first-order chi connectivity index (χ1) is 8.70. The van der Waals surface area contributed by atoms with Crippen molar-refractivity contribution in [1.82, 2.24) is 9.62 Å². The average molecular weight is 306 g/mol. The first-order valence-electron chi connectivity index (χ1n) is 5.22. The highest BCUT2D eigenvalue weighted by atomic mass is 32.2. The van der Waals surface area contributed by atoms with Gasteiger partial charge in [0.25, 0.3) is 5.91 Å². The number of carbonyl (C=O) groups is 2. The van der Waals surface area contributed by atoms with Crippen LogP contribution in [0.3, 0.4) is 0 Å². The second-order valence-corrected chi connectivity index (χ2v) is 6.58. The third-order valence-corrected chi connectivity index (χ3v) is 5.09. The van der Waals surface area contributed by atoms with Crippen LogP contribution in [0.15, 0.2) is 16.3 Å². The summed E-state index contributed by atoms with van der Waals surface area (Å²) in [4.78, 5) is 24.0. The van der Waals surface area contributed by atoms with E-state index in [0.717, 1.165) is 16.2 Å². The number of thiophene rings is 1. The van der Waals surface area contributed by atoms with Crippen LogP contribution in [0.5, 0.6) is 0 Å². The average Bonchev–Trinajstić information content (AvgIpc) is 2.86. The van der Waals surface area contributed by atoms with Gasteiger partial charge in [0.2, 0.25) is 10.0 Å². The number of likely N-dealkylation sites (N-methyl/N-ethyl adjacent to an activating group) is 1. The van der Waals surface area contributed by atoms with Crippen LogP contribution < -0.4 is 4.72 Å². The van der Waals surface area contributed by atoms with Gasteiger partial charge in [-0.05, 0) is 20.0 Å². The predicted molar refractivity (Wildman–Crippen MR) is 69.8 cm³/mol. The summed E-state index contributed by atoms with van der Waals surface area (Å²) in [5.74, 6) is -1.66. The van der Waals surface area contributed by atoms with E-state index < -0.39 is 27.9 Å². The van der Waals surface area contributed by atoms with Gasteiger partial charge in [-0.15, -0.1) is 11.3 Å². The lowest BCUT2D eigenvalue weighted by molar-refractivity contribution is -0.141. The van der Waals surface area contributed by atoms with Crippen LogP contribution in [0.25, 0.3) is 0 Å². The van der Waals surface area contributed by atoms with Gasteiger partial charge in [0.1, 0.15) is 6.04 Å². The number of carboxylic acids is 1. The summed E-state index contributed by atoms with van der Waals surface area (Å²) < 4.78 is 25.2. The Morgan fingerprint density at radius 1 is 1.47 bits per heavy atom. The number of aliphatic carboxylic acids is 1. The minimum Gasteiger partial charge on any atom is -0.480 e. The summed E-state index contributed by atoms with van der Waals surface area (Å²) in [5, 5.41) is 10.2. The third kappa shape index (κ3) is 3.31. The van der Waals surface area contributed by atoms with Crippen LogP contribution in [0.2, 0.25) is 0 Å². The van der Waals surface area contributed by atoms with Gasteiger partial charge >= 0.3 is 5.97 Å². The molecule has 9 heteroatoms. The number of nitrogens with one attached hydrogen (secondary N) is 1. The number of hydrogen-bond donors (Lipinski definition) is 2. The summed E-state index contributed by atoms with van der Waals surface area (Å²) >= 11 is 0.954. The van der Waals surface area contributed by atoms with Gasteiger partial charge in [-0.1, -0.05) is 0 Å². The fourth-order valence-corrected chi connectivity index (χ4v) is 3.19. The summed E-state index contributed by atoms with van der Waals surface area (Å²) in [6, 6.07) is 0.239. The molecule has 1 rings (SSSR count). The molecule has 1 atom stereocenters. The fourth-order valence-electron chi connectivity index (χ4n) is 1.21. The molecule has 2 N–H and O–H groups in total. The Kier molecular flexibility index (Phi) is 4.66. The Bertz CT molecular complexity index is 593. The molecule has 0 aliphatic carbocycles. The van der Waals surface area contributed by atoms with Crippen molar-refractivity contribution in [2.75, 3.05) is 14.1 Å². The van der Waals surface area contributed by atoms with Crippen molar-refractivity contribution in [3.05, 3.63) is 16.3 Å². The van der Waals surface area contributed by atoms with E-state index in [-0.39, 0.29) is 9.77 Å². The molecular formula is C10H14N2O5S2. The van der Waals surface area contributed by atoms with Crippen LogP contribution >= 0.6 is 11.3 Å². The maximum atomic E-state index is 12.0. The number of carboxylic acid groups (broad SMARTS) is 1. The highest BCUT2D eigenvalue weighted by Crippen LogP contribution is 2.20. The second-order valence-electron chi connectivity index (χ2n) is 3.78. The largest absolute Gasteiger partial charge is 0.480 e. The molecule has 19 heavy (non-hydrogen) atoms. The molecule has 1 heterocycles. The molecule has 0 aliphatic heterocycles. The molecule has 1 amide bonds. The normalized spacial score (nSPS) is 13.0. The second kappa shape index (κ2) is 5.68. The van der Waals surface area contributed by atoms with Crippen LogP contribution in [0.4, 0.5) is 0 Å². The van der Waals surface area contributed by atoms with Gasteiger partial charge < -0.3 is 10.0 Å². The van der Waals surface area contributed by atoms with Gasteiger partial charge in [-0.3, -0.25) is 4.79 Å². The number of hydrogen-bond acceptors (Lipinski definition) is 5. The van der Waals surface area contributed by atoms with E-state index in [1.165, 1.54) is 32.5 Å². The van der Waals surface area contributed by atoms with Gasteiger partial charge in [0.15, 0.2) is 0 Å². The molecule has 0 saturated carbocycles. The Hall–Kier alpha value is -1.45. The summed E-state index contributed by atoms with van der Waals surface area (Å²) in [7, 11) is -0.975. The minimum absolute atomic E-state index is 0.0141. The SMILES string of the molecule is CNS(=O)(=O)c1csc(C(=O)N(C)C(C)C(=O)O)c1. The number of rotatable bonds is 5. The molecule has 1 aromatic heterocycles. The Balaban J connectivity index is 3.00. The number of nitrogens with zero attached hydrogens (tertiary/aromatic N) is 1. The van der Waals surface area contributed by atoms with Gasteiger partial charge in [-0.2, -0.15) is 0 Å². The summed E-state index contributed by atoms with van der Waals surface area (Å²) in [5.41, 5.74) is 0. The first-order valence-corrected chi connectivity index (χ1v) is 7.59. The lowest BCUT2D eigenvalue weighted by Gasteiger charge is -2.20. The van der Waals surface area contributed by atoms with E-state index in [1.54, 1.807) is 0 Å². The van der Waals surface area contributed by atoms with E-state index in [2.05, 4.69) is 4.72 Å². The van der Waals surface area contributed by atoms with Crippen molar-refractivity contribution in [3.8, 4) is 0 Å². The lowest BCUT2D eigenvalue weighted by Crippen LogP contribution is -2.39. The standard InChI is InChI=1S/C10H14N2O5S2/c1-6(10(14)15)12(3)9(13)8-4-7(5-18-8)19(16,17)11-2/h4-6,11H,1-3H3,(H,14,15). The van der Waals surface area contributed by atoms with Crippen molar-refractivity contribution in [2.45, 2.75) is 17.9 Å². The Labute approximate surface area is 114 Å². The monoisotopic (exact) mass is 306 g/mol. The van der Waals surface area contributed by atoms with Crippen molar-refractivity contribution < 1.29 is 23.1 Å². The van der Waals surface area contributed by atoms with Crippen LogP contribution in [-0.4, -0.2) is 50.4 Å². The Morgan fingerprint density at radius 3 is 2.53 bits per heavy atom. The molecule has 0 fully saturated rings. The van der Waals surface area contributed by atoms with Gasteiger partial charge in [-0.25, -0.2) is 17.9 Å². The first kappa shape index (κ1) is 15.6. The molecule has 7 nitrogen and oxygen atoms in total. The van der Waals surface area contributed by atoms with Crippen molar-refractivity contribution >= 4 is 33.2 Å². The summed E-state index contributed by atoms with van der Waals surface area (Å²) in [6.07, 6.45) is 0. The molecule has 0 saturated heterocycles. The molecular weight excluding hydrogens is 292 g/mol. The van der Waals surface area contributed by atoms with Crippen molar-refractivity contribution in [3.63, 3.8) is 0 Å². The van der Waals surface area contributed by atoms with E-state index >= 15 is 0 Å². The van der Waals surface area contributed by atoms with Crippen LogP contribution in [0.1, 0.15) is 16.6 Å². The molecule has 1 unspecified atom stereocenters.